The minimum atomic E-state index is 0.703. The molecule has 0 radical (unpaired) electrons. The minimum absolute atomic E-state index is 0.703. The lowest BCUT2D eigenvalue weighted by molar-refractivity contribution is 0.408. The van der Waals surface area contributed by atoms with E-state index in [0.717, 1.165) is 30.7 Å². The van der Waals surface area contributed by atoms with Crippen LogP contribution in [-0.2, 0) is 0 Å². The van der Waals surface area contributed by atoms with E-state index < -0.39 is 0 Å². The molecule has 1 fully saturated rings. The van der Waals surface area contributed by atoms with Crippen LogP contribution in [-0.4, -0.2) is 20.2 Å². The summed E-state index contributed by atoms with van der Waals surface area (Å²) in [7, 11) is 1.75. The van der Waals surface area contributed by atoms with Gasteiger partial charge in [0.05, 0.1) is 7.11 Å². The molecule has 0 heterocycles. The zero-order chi connectivity index (χ0) is 13.7. The van der Waals surface area contributed by atoms with Crippen LogP contribution in [0.2, 0.25) is 0 Å². The standard InChI is InChI=1S/C17H27NO/c1-13(2)11-18-12-15-7-5-9-17(15)14-6-4-8-16(10-14)19-3/h4,6,8,10,13,15,17-18H,5,7,9,11-12H2,1-3H3. The second-order valence-corrected chi connectivity index (χ2v) is 6.13. The van der Waals surface area contributed by atoms with Gasteiger partial charge in [-0.1, -0.05) is 32.4 Å². The molecule has 0 aliphatic heterocycles. The van der Waals surface area contributed by atoms with Gasteiger partial charge in [-0.15, -0.1) is 0 Å². The summed E-state index contributed by atoms with van der Waals surface area (Å²) >= 11 is 0. The molecule has 1 aliphatic carbocycles. The van der Waals surface area contributed by atoms with Crippen molar-refractivity contribution in [2.24, 2.45) is 11.8 Å². The first-order valence-corrected chi connectivity index (χ1v) is 7.55. The van der Waals surface area contributed by atoms with Gasteiger partial charge in [0.15, 0.2) is 0 Å². The zero-order valence-electron chi connectivity index (χ0n) is 12.5. The SMILES string of the molecule is COc1cccc(C2CCCC2CNCC(C)C)c1. The van der Waals surface area contributed by atoms with Crippen LogP contribution in [0.4, 0.5) is 0 Å². The number of methoxy groups -OCH3 is 1. The van der Waals surface area contributed by atoms with Gasteiger partial charge in [-0.25, -0.2) is 0 Å². The first-order chi connectivity index (χ1) is 9.20. The lowest BCUT2D eigenvalue weighted by Gasteiger charge is -2.21. The van der Waals surface area contributed by atoms with Gasteiger partial charge in [-0.2, -0.15) is 0 Å². The average molecular weight is 261 g/mol. The molecule has 2 atom stereocenters. The summed E-state index contributed by atoms with van der Waals surface area (Å²) in [5.74, 6) is 3.20. The fourth-order valence-corrected chi connectivity index (χ4v) is 3.15. The second-order valence-electron chi connectivity index (χ2n) is 6.13. The zero-order valence-corrected chi connectivity index (χ0v) is 12.5. The third-order valence-corrected chi connectivity index (χ3v) is 4.14. The molecular formula is C17H27NO. The summed E-state index contributed by atoms with van der Waals surface area (Å²) in [5.41, 5.74) is 1.45. The van der Waals surface area contributed by atoms with E-state index in [-0.39, 0.29) is 0 Å². The topological polar surface area (TPSA) is 21.3 Å². The number of rotatable bonds is 6. The predicted octanol–water partition coefficient (Wildman–Crippen LogP) is 3.82. The molecule has 1 N–H and O–H groups in total. The molecule has 1 aromatic rings. The van der Waals surface area contributed by atoms with Crippen molar-refractivity contribution < 1.29 is 4.74 Å². The van der Waals surface area contributed by atoms with Crippen molar-refractivity contribution in [3.05, 3.63) is 29.8 Å². The second kappa shape index (κ2) is 6.95. The van der Waals surface area contributed by atoms with Crippen LogP contribution in [0.15, 0.2) is 24.3 Å². The smallest absolute Gasteiger partial charge is 0.119 e. The maximum Gasteiger partial charge on any atom is 0.119 e. The van der Waals surface area contributed by atoms with Gasteiger partial charge < -0.3 is 10.1 Å². The Morgan fingerprint density at radius 2 is 2.16 bits per heavy atom. The van der Waals surface area contributed by atoms with E-state index in [4.69, 9.17) is 4.74 Å². The maximum atomic E-state index is 5.35. The Balaban J connectivity index is 1.97. The maximum absolute atomic E-state index is 5.35. The van der Waals surface area contributed by atoms with Gasteiger partial charge in [0.1, 0.15) is 5.75 Å². The van der Waals surface area contributed by atoms with Gasteiger partial charge in [0, 0.05) is 0 Å². The molecule has 106 valence electrons. The Bertz CT molecular complexity index is 389. The number of ether oxygens (including phenoxy) is 1. The van der Waals surface area contributed by atoms with E-state index in [9.17, 15) is 0 Å². The number of hydrogen-bond donors (Lipinski definition) is 1. The molecule has 0 saturated heterocycles. The third kappa shape index (κ3) is 3.97. The van der Waals surface area contributed by atoms with Gasteiger partial charge in [-0.3, -0.25) is 0 Å². The normalized spacial score (nSPS) is 22.9. The van der Waals surface area contributed by atoms with Crippen LogP contribution in [0.5, 0.6) is 5.75 Å². The van der Waals surface area contributed by atoms with Crippen molar-refractivity contribution in [2.75, 3.05) is 20.2 Å². The number of benzene rings is 1. The molecule has 2 heteroatoms. The fraction of sp³-hybridized carbons (Fsp3) is 0.647. The van der Waals surface area contributed by atoms with E-state index in [2.05, 4.69) is 37.4 Å². The lowest BCUT2D eigenvalue weighted by atomic mass is 9.88. The van der Waals surface area contributed by atoms with Crippen molar-refractivity contribution in [1.82, 2.24) is 5.32 Å². The van der Waals surface area contributed by atoms with Crippen LogP contribution >= 0.6 is 0 Å². The van der Waals surface area contributed by atoms with Crippen LogP contribution < -0.4 is 10.1 Å². The molecule has 0 aromatic heterocycles. The van der Waals surface area contributed by atoms with Crippen molar-refractivity contribution in [1.29, 1.82) is 0 Å². The Morgan fingerprint density at radius 1 is 1.32 bits per heavy atom. The van der Waals surface area contributed by atoms with E-state index in [0.29, 0.717) is 5.92 Å². The van der Waals surface area contributed by atoms with Gasteiger partial charge >= 0.3 is 0 Å². The van der Waals surface area contributed by atoms with Crippen LogP contribution in [0.25, 0.3) is 0 Å². The average Bonchev–Trinajstić information content (AvgIpc) is 2.87. The molecule has 19 heavy (non-hydrogen) atoms. The first-order valence-electron chi connectivity index (χ1n) is 7.55. The summed E-state index contributed by atoms with van der Waals surface area (Å²) in [4.78, 5) is 0. The van der Waals surface area contributed by atoms with Gasteiger partial charge in [-0.05, 0) is 61.4 Å². The van der Waals surface area contributed by atoms with Crippen molar-refractivity contribution in [2.45, 2.75) is 39.0 Å². The minimum Gasteiger partial charge on any atom is -0.497 e. The highest BCUT2D eigenvalue weighted by molar-refractivity contribution is 5.31. The molecule has 0 spiro atoms. The highest BCUT2D eigenvalue weighted by Crippen LogP contribution is 2.40. The van der Waals surface area contributed by atoms with E-state index >= 15 is 0 Å². The Hall–Kier alpha value is -1.02. The summed E-state index contributed by atoms with van der Waals surface area (Å²) in [5, 5.41) is 3.62. The van der Waals surface area contributed by atoms with Crippen LogP contribution in [0.3, 0.4) is 0 Å². The van der Waals surface area contributed by atoms with Crippen molar-refractivity contribution in [3.8, 4) is 5.75 Å². The summed E-state index contributed by atoms with van der Waals surface area (Å²) in [6, 6.07) is 8.62. The van der Waals surface area contributed by atoms with E-state index in [1.165, 1.54) is 24.8 Å². The predicted molar refractivity (Wildman–Crippen MR) is 80.8 cm³/mol. The molecule has 2 rings (SSSR count). The van der Waals surface area contributed by atoms with Crippen molar-refractivity contribution in [3.63, 3.8) is 0 Å². The molecule has 2 nitrogen and oxygen atoms in total. The summed E-state index contributed by atoms with van der Waals surface area (Å²) in [6.45, 7) is 6.81. The Morgan fingerprint density at radius 3 is 2.89 bits per heavy atom. The molecule has 0 amide bonds. The van der Waals surface area contributed by atoms with Crippen LogP contribution in [0.1, 0.15) is 44.6 Å². The molecule has 0 bridgehead atoms. The highest BCUT2D eigenvalue weighted by Gasteiger charge is 2.28. The fourth-order valence-electron chi connectivity index (χ4n) is 3.15. The summed E-state index contributed by atoms with van der Waals surface area (Å²) in [6.07, 6.45) is 4.03. The Kier molecular flexibility index (Phi) is 5.26. The van der Waals surface area contributed by atoms with Gasteiger partial charge in [0.2, 0.25) is 0 Å². The number of hydrogen-bond acceptors (Lipinski definition) is 2. The Labute approximate surface area is 117 Å². The molecular weight excluding hydrogens is 234 g/mol. The lowest BCUT2D eigenvalue weighted by Crippen LogP contribution is -2.27. The largest absolute Gasteiger partial charge is 0.497 e. The van der Waals surface area contributed by atoms with Gasteiger partial charge in [0.25, 0.3) is 0 Å². The van der Waals surface area contributed by atoms with E-state index in [1.807, 2.05) is 6.07 Å². The first kappa shape index (κ1) is 14.4. The highest BCUT2D eigenvalue weighted by atomic mass is 16.5. The van der Waals surface area contributed by atoms with Crippen molar-refractivity contribution >= 4 is 0 Å². The quantitative estimate of drug-likeness (QED) is 0.840. The number of nitrogens with one attached hydrogen (secondary N) is 1. The molecule has 2 unspecified atom stereocenters. The van der Waals surface area contributed by atoms with E-state index in [1.54, 1.807) is 7.11 Å². The third-order valence-electron chi connectivity index (χ3n) is 4.14. The monoisotopic (exact) mass is 261 g/mol. The molecule has 1 aliphatic rings. The molecule has 1 saturated carbocycles. The molecule has 1 aromatic carbocycles. The summed E-state index contributed by atoms with van der Waals surface area (Å²) < 4.78 is 5.35. The van der Waals surface area contributed by atoms with Crippen LogP contribution in [0, 0.1) is 11.8 Å².